The molecule has 0 aromatic heterocycles. The Hall–Kier alpha value is -0.860. The number of benzene rings is 1. The van der Waals surface area contributed by atoms with E-state index in [0.717, 1.165) is 26.1 Å². The molecule has 17 heavy (non-hydrogen) atoms. The Balaban J connectivity index is 2.54. The average Bonchev–Trinajstić information content (AvgIpc) is 2.26. The van der Waals surface area contributed by atoms with Gasteiger partial charge in [0, 0.05) is 19.3 Å². The van der Waals surface area contributed by atoms with E-state index in [1.807, 2.05) is 14.0 Å². The van der Waals surface area contributed by atoms with Crippen molar-refractivity contribution in [3.63, 3.8) is 0 Å². The third-order valence-electron chi connectivity index (χ3n) is 2.99. The van der Waals surface area contributed by atoms with E-state index in [4.69, 9.17) is 4.74 Å². The minimum Gasteiger partial charge on any atom is -0.382 e. The van der Waals surface area contributed by atoms with E-state index < -0.39 is 0 Å². The third kappa shape index (κ3) is 5.33. The van der Waals surface area contributed by atoms with Crippen LogP contribution in [0.3, 0.4) is 0 Å². The summed E-state index contributed by atoms with van der Waals surface area (Å²) >= 11 is 0. The van der Waals surface area contributed by atoms with Crippen LogP contribution < -0.4 is 5.32 Å². The molecule has 2 heteroatoms. The summed E-state index contributed by atoms with van der Waals surface area (Å²) in [6.07, 6.45) is 2.14. The van der Waals surface area contributed by atoms with Gasteiger partial charge in [0.2, 0.25) is 0 Å². The molecule has 0 amide bonds. The molecule has 0 aliphatic heterocycles. The summed E-state index contributed by atoms with van der Waals surface area (Å²) < 4.78 is 5.41. The number of hydrogen-bond donors (Lipinski definition) is 1. The van der Waals surface area contributed by atoms with Gasteiger partial charge in [-0.25, -0.2) is 0 Å². The predicted molar refractivity (Wildman–Crippen MR) is 73.6 cm³/mol. The number of aryl methyl sites for hydroxylation is 2. The number of ether oxygens (including phenoxy) is 1. The largest absolute Gasteiger partial charge is 0.382 e. The van der Waals surface area contributed by atoms with Crippen LogP contribution in [-0.4, -0.2) is 26.3 Å². The first-order chi connectivity index (χ1) is 8.15. The lowest BCUT2D eigenvalue weighted by Gasteiger charge is -2.16. The van der Waals surface area contributed by atoms with Crippen LogP contribution in [-0.2, 0) is 11.2 Å². The zero-order chi connectivity index (χ0) is 12.7. The molecule has 1 aromatic carbocycles. The number of hydrogen-bond acceptors (Lipinski definition) is 2. The van der Waals surface area contributed by atoms with Crippen molar-refractivity contribution in [1.29, 1.82) is 0 Å². The zero-order valence-electron chi connectivity index (χ0n) is 11.5. The summed E-state index contributed by atoms with van der Waals surface area (Å²) in [5, 5.41) is 3.37. The van der Waals surface area contributed by atoms with Crippen LogP contribution in [0.2, 0.25) is 0 Å². The predicted octanol–water partition coefficient (Wildman–Crippen LogP) is 2.86. The Kier molecular flexibility index (Phi) is 6.23. The van der Waals surface area contributed by atoms with E-state index in [0.29, 0.717) is 6.04 Å². The standard InChI is InChI=1S/C15H25NO/c1-5-17-7-6-15(16-4)11-14-9-12(2)8-13(3)10-14/h8-10,15-16H,5-7,11H2,1-4H3. The number of likely N-dealkylation sites (N-methyl/N-ethyl adjacent to an activating group) is 1. The monoisotopic (exact) mass is 235 g/mol. The van der Waals surface area contributed by atoms with Crippen molar-refractivity contribution in [2.24, 2.45) is 0 Å². The van der Waals surface area contributed by atoms with Crippen molar-refractivity contribution < 1.29 is 4.74 Å². The molecule has 1 aromatic rings. The highest BCUT2D eigenvalue weighted by molar-refractivity contribution is 5.29. The van der Waals surface area contributed by atoms with Gasteiger partial charge in [-0.2, -0.15) is 0 Å². The van der Waals surface area contributed by atoms with Crippen LogP contribution >= 0.6 is 0 Å². The molecular weight excluding hydrogens is 210 g/mol. The van der Waals surface area contributed by atoms with Crippen molar-refractivity contribution in [3.8, 4) is 0 Å². The molecule has 0 saturated carbocycles. The molecule has 1 unspecified atom stereocenters. The lowest BCUT2D eigenvalue weighted by atomic mass is 10.00. The van der Waals surface area contributed by atoms with E-state index in [2.05, 4.69) is 37.4 Å². The normalized spacial score (nSPS) is 12.7. The van der Waals surface area contributed by atoms with Crippen LogP contribution in [0, 0.1) is 13.8 Å². The van der Waals surface area contributed by atoms with Gasteiger partial charge in [-0.1, -0.05) is 29.3 Å². The van der Waals surface area contributed by atoms with Crippen molar-refractivity contribution in [3.05, 3.63) is 34.9 Å². The molecular formula is C15H25NO. The van der Waals surface area contributed by atoms with Crippen LogP contribution in [0.1, 0.15) is 30.0 Å². The summed E-state index contributed by atoms with van der Waals surface area (Å²) in [4.78, 5) is 0. The Morgan fingerprint density at radius 3 is 2.35 bits per heavy atom. The van der Waals surface area contributed by atoms with E-state index in [9.17, 15) is 0 Å². The van der Waals surface area contributed by atoms with E-state index in [1.54, 1.807) is 0 Å². The van der Waals surface area contributed by atoms with Crippen molar-refractivity contribution >= 4 is 0 Å². The van der Waals surface area contributed by atoms with Crippen LogP contribution in [0.25, 0.3) is 0 Å². The third-order valence-corrected chi connectivity index (χ3v) is 2.99. The molecule has 0 heterocycles. The highest BCUT2D eigenvalue weighted by Gasteiger charge is 2.07. The maximum atomic E-state index is 5.41. The molecule has 1 atom stereocenters. The van der Waals surface area contributed by atoms with Gasteiger partial charge in [0.25, 0.3) is 0 Å². The molecule has 0 saturated heterocycles. The van der Waals surface area contributed by atoms with Crippen molar-refractivity contribution in [2.75, 3.05) is 20.3 Å². The summed E-state index contributed by atoms with van der Waals surface area (Å²) in [7, 11) is 2.03. The molecule has 96 valence electrons. The Morgan fingerprint density at radius 1 is 1.18 bits per heavy atom. The summed E-state index contributed by atoms with van der Waals surface area (Å²) in [6.45, 7) is 8.00. The lowest BCUT2D eigenvalue weighted by Crippen LogP contribution is -2.29. The minimum absolute atomic E-state index is 0.503. The van der Waals surface area contributed by atoms with Crippen LogP contribution in [0.4, 0.5) is 0 Å². The Bertz CT molecular complexity index is 315. The lowest BCUT2D eigenvalue weighted by molar-refractivity contribution is 0.137. The van der Waals surface area contributed by atoms with Gasteiger partial charge >= 0.3 is 0 Å². The first kappa shape index (κ1) is 14.2. The topological polar surface area (TPSA) is 21.3 Å². The maximum Gasteiger partial charge on any atom is 0.0480 e. The van der Waals surface area contributed by atoms with Crippen LogP contribution in [0.5, 0.6) is 0 Å². The fourth-order valence-electron chi connectivity index (χ4n) is 2.19. The highest BCUT2D eigenvalue weighted by Crippen LogP contribution is 2.12. The van der Waals surface area contributed by atoms with Gasteiger partial charge in [0.1, 0.15) is 0 Å². The quantitative estimate of drug-likeness (QED) is 0.734. The van der Waals surface area contributed by atoms with Gasteiger partial charge in [0.15, 0.2) is 0 Å². The van der Waals surface area contributed by atoms with Gasteiger partial charge in [-0.15, -0.1) is 0 Å². The van der Waals surface area contributed by atoms with Crippen molar-refractivity contribution in [2.45, 2.75) is 39.7 Å². The molecule has 1 rings (SSSR count). The van der Waals surface area contributed by atoms with E-state index >= 15 is 0 Å². The number of nitrogens with one attached hydrogen (secondary N) is 1. The molecule has 0 spiro atoms. The molecule has 0 aliphatic carbocycles. The van der Waals surface area contributed by atoms with Gasteiger partial charge in [-0.3, -0.25) is 0 Å². The SMILES string of the molecule is CCOCCC(Cc1cc(C)cc(C)c1)NC. The molecule has 0 fully saturated rings. The highest BCUT2D eigenvalue weighted by atomic mass is 16.5. The average molecular weight is 235 g/mol. The minimum atomic E-state index is 0.503. The molecule has 0 bridgehead atoms. The first-order valence-electron chi connectivity index (χ1n) is 6.48. The second-order valence-electron chi connectivity index (χ2n) is 4.67. The summed E-state index contributed by atoms with van der Waals surface area (Å²) in [6, 6.07) is 7.27. The second kappa shape index (κ2) is 7.46. The Labute approximate surface area is 105 Å². The van der Waals surface area contributed by atoms with Gasteiger partial charge in [-0.05, 0) is 46.2 Å². The molecule has 0 radical (unpaired) electrons. The molecule has 0 aliphatic rings. The Morgan fingerprint density at radius 2 is 1.82 bits per heavy atom. The van der Waals surface area contributed by atoms with E-state index in [1.165, 1.54) is 16.7 Å². The fourth-order valence-corrected chi connectivity index (χ4v) is 2.19. The fraction of sp³-hybridized carbons (Fsp3) is 0.600. The summed E-state index contributed by atoms with van der Waals surface area (Å²) in [5.74, 6) is 0. The first-order valence-corrected chi connectivity index (χ1v) is 6.48. The second-order valence-corrected chi connectivity index (χ2v) is 4.67. The smallest absolute Gasteiger partial charge is 0.0480 e. The van der Waals surface area contributed by atoms with Gasteiger partial charge < -0.3 is 10.1 Å². The summed E-state index contributed by atoms with van der Waals surface area (Å²) in [5.41, 5.74) is 4.11. The number of rotatable bonds is 7. The zero-order valence-corrected chi connectivity index (χ0v) is 11.5. The van der Waals surface area contributed by atoms with Crippen molar-refractivity contribution in [1.82, 2.24) is 5.32 Å². The molecule has 1 N–H and O–H groups in total. The maximum absolute atomic E-state index is 5.41. The van der Waals surface area contributed by atoms with E-state index in [-0.39, 0.29) is 0 Å². The molecule has 2 nitrogen and oxygen atoms in total. The van der Waals surface area contributed by atoms with Gasteiger partial charge in [0.05, 0.1) is 0 Å². The van der Waals surface area contributed by atoms with Crippen LogP contribution in [0.15, 0.2) is 18.2 Å².